The van der Waals surface area contributed by atoms with E-state index < -0.39 is 0 Å². The van der Waals surface area contributed by atoms with Crippen LogP contribution in [0.15, 0.2) is 23.0 Å². The van der Waals surface area contributed by atoms with Gasteiger partial charge in [0, 0.05) is 18.7 Å². The number of hydrogen-bond donors (Lipinski definition) is 3. The summed E-state index contributed by atoms with van der Waals surface area (Å²) in [5.74, 6) is 1.01. The van der Waals surface area contributed by atoms with Crippen molar-refractivity contribution in [1.29, 1.82) is 5.41 Å². The third kappa shape index (κ3) is 3.79. The Bertz CT molecular complexity index is 813. The monoisotopic (exact) mass is 364 g/mol. The van der Waals surface area contributed by atoms with Crippen molar-refractivity contribution < 1.29 is 0 Å². The molecular formula is C17H18Cl2N4O. The van der Waals surface area contributed by atoms with Crippen LogP contribution in [0.4, 0.5) is 5.82 Å². The summed E-state index contributed by atoms with van der Waals surface area (Å²) >= 11 is 12.0. The molecule has 0 saturated heterocycles. The van der Waals surface area contributed by atoms with Crippen molar-refractivity contribution in [2.45, 2.75) is 38.1 Å². The van der Waals surface area contributed by atoms with E-state index in [-0.39, 0.29) is 11.1 Å². The second kappa shape index (κ2) is 7.36. The average Bonchev–Trinajstić information content (AvgIpc) is 3.04. The number of nitrogens with zero attached hydrogens (tertiary/aromatic N) is 1. The van der Waals surface area contributed by atoms with E-state index in [1.165, 1.54) is 12.8 Å². The van der Waals surface area contributed by atoms with Gasteiger partial charge in [0.25, 0.3) is 5.56 Å². The lowest BCUT2D eigenvalue weighted by molar-refractivity contribution is 0.746. The van der Waals surface area contributed by atoms with Crippen LogP contribution in [0.5, 0.6) is 0 Å². The zero-order valence-electron chi connectivity index (χ0n) is 13.0. The molecule has 2 aromatic rings. The molecule has 7 heteroatoms. The zero-order valence-corrected chi connectivity index (χ0v) is 14.5. The topological polar surface area (TPSA) is 81.6 Å². The SMILES string of the molecule is N=Cc1c(NC2CCCC2)nc(Cc2ccc(Cl)c(Cl)c2)[nH]c1=O. The number of hydrogen-bond acceptors (Lipinski definition) is 4. The molecule has 1 aromatic heterocycles. The third-order valence-corrected chi connectivity index (χ3v) is 4.94. The Morgan fingerprint density at radius 1 is 1.29 bits per heavy atom. The van der Waals surface area contributed by atoms with Gasteiger partial charge in [0.2, 0.25) is 0 Å². The molecule has 1 saturated carbocycles. The van der Waals surface area contributed by atoms with E-state index in [1.807, 2.05) is 6.07 Å². The van der Waals surface area contributed by atoms with E-state index >= 15 is 0 Å². The predicted octanol–water partition coefficient (Wildman–Crippen LogP) is 4.02. The van der Waals surface area contributed by atoms with Gasteiger partial charge in [0.05, 0.1) is 15.6 Å². The quantitative estimate of drug-likeness (QED) is 0.700. The van der Waals surface area contributed by atoms with Crippen LogP contribution in [0.3, 0.4) is 0 Å². The van der Waals surface area contributed by atoms with E-state index in [0.717, 1.165) is 24.6 Å². The summed E-state index contributed by atoms with van der Waals surface area (Å²) in [6.07, 6.45) is 5.96. The summed E-state index contributed by atoms with van der Waals surface area (Å²) in [6, 6.07) is 5.65. The summed E-state index contributed by atoms with van der Waals surface area (Å²) in [4.78, 5) is 19.5. The molecule has 1 aromatic carbocycles. The highest BCUT2D eigenvalue weighted by atomic mass is 35.5. The number of anilines is 1. The summed E-state index contributed by atoms with van der Waals surface area (Å²) < 4.78 is 0. The van der Waals surface area contributed by atoms with Crippen molar-refractivity contribution in [3.63, 3.8) is 0 Å². The van der Waals surface area contributed by atoms with Crippen LogP contribution in [0.25, 0.3) is 0 Å². The number of nitrogens with one attached hydrogen (secondary N) is 3. The number of benzene rings is 1. The van der Waals surface area contributed by atoms with Crippen LogP contribution < -0.4 is 10.9 Å². The molecule has 0 spiro atoms. The molecule has 5 nitrogen and oxygen atoms in total. The van der Waals surface area contributed by atoms with Crippen molar-refractivity contribution in [2.75, 3.05) is 5.32 Å². The Morgan fingerprint density at radius 3 is 2.71 bits per heavy atom. The lowest BCUT2D eigenvalue weighted by Crippen LogP contribution is -2.24. The molecule has 1 fully saturated rings. The van der Waals surface area contributed by atoms with Gasteiger partial charge in [-0.1, -0.05) is 42.1 Å². The smallest absolute Gasteiger partial charge is 0.261 e. The molecule has 0 amide bonds. The Balaban J connectivity index is 1.90. The first-order valence-corrected chi connectivity index (χ1v) is 8.66. The molecule has 3 N–H and O–H groups in total. The van der Waals surface area contributed by atoms with Crippen molar-refractivity contribution >= 4 is 35.2 Å². The van der Waals surface area contributed by atoms with E-state index in [2.05, 4.69) is 15.3 Å². The highest BCUT2D eigenvalue weighted by molar-refractivity contribution is 6.42. The number of rotatable bonds is 5. The summed E-state index contributed by atoms with van der Waals surface area (Å²) in [5, 5.41) is 11.8. The predicted molar refractivity (Wildman–Crippen MR) is 97.9 cm³/mol. The number of aromatic amines is 1. The Hall–Kier alpha value is -1.85. The highest BCUT2D eigenvalue weighted by Crippen LogP contribution is 2.24. The standard InChI is InChI=1S/C17H18Cl2N4O/c18-13-6-5-10(7-14(13)19)8-15-22-16(12(9-20)17(24)23-15)21-11-3-1-2-4-11/h5-7,9,11,20H,1-4,8H2,(H2,21,22,23,24). The number of halogens is 2. The van der Waals surface area contributed by atoms with Crippen LogP contribution in [0, 0.1) is 5.41 Å². The van der Waals surface area contributed by atoms with Gasteiger partial charge >= 0.3 is 0 Å². The molecule has 0 bridgehead atoms. The Morgan fingerprint density at radius 2 is 2.04 bits per heavy atom. The maximum atomic E-state index is 12.2. The summed E-state index contributed by atoms with van der Waals surface area (Å²) in [6.45, 7) is 0. The second-order valence-corrected chi connectivity index (χ2v) is 6.78. The van der Waals surface area contributed by atoms with Gasteiger partial charge < -0.3 is 15.7 Å². The van der Waals surface area contributed by atoms with Gasteiger partial charge in [0.15, 0.2) is 0 Å². The fourth-order valence-electron chi connectivity index (χ4n) is 2.96. The number of aromatic nitrogens is 2. The van der Waals surface area contributed by atoms with Crippen LogP contribution in [0.1, 0.15) is 42.6 Å². The molecule has 0 aliphatic heterocycles. The van der Waals surface area contributed by atoms with Gasteiger partial charge in [-0.3, -0.25) is 4.79 Å². The molecule has 0 atom stereocenters. The lowest BCUT2D eigenvalue weighted by Gasteiger charge is -2.15. The van der Waals surface area contributed by atoms with Crippen molar-refractivity contribution in [2.24, 2.45) is 0 Å². The first kappa shape index (κ1) is 17.0. The Labute approximate surface area is 149 Å². The van der Waals surface area contributed by atoms with E-state index in [4.69, 9.17) is 28.6 Å². The molecule has 24 heavy (non-hydrogen) atoms. The fourth-order valence-corrected chi connectivity index (χ4v) is 3.28. The molecule has 3 rings (SSSR count). The van der Waals surface area contributed by atoms with E-state index in [0.29, 0.717) is 34.2 Å². The van der Waals surface area contributed by atoms with E-state index in [9.17, 15) is 4.79 Å². The largest absolute Gasteiger partial charge is 0.367 e. The molecule has 1 heterocycles. The van der Waals surface area contributed by atoms with Crippen LogP contribution in [-0.2, 0) is 6.42 Å². The molecular weight excluding hydrogens is 347 g/mol. The minimum atomic E-state index is -0.310. The molecule has 1 aliphatic carbocycles. The van der Waals surface area contributed by atoms with Gasteiger partial charge in [-0.25, -0.2) is 4.98 Å². The van der Waals surface area contributed by atoms with Crippen molar-refractivity contribution in [3.05, 3.63) is 55.5 Å². The first-order valence-electron chi connectivity index (χ1n) is 7.91. The summed E-state index contributed by atoms with van der Waals surface area (Å²) in [5.41, 5.74) is 0.859. The van der Waals surface area contributed by atoms with Crippen molar-refractivity contribution in [3.8, 4) is 0 Å². The first-order chi connectivity index (χ1) is 11.6. The molecule has 126 valence electrons. The van der Waals surface area contributed by atoms with Gasteiger partial charge in [0.1, 0.15) is 11.6 Å². The molecule has 1 aliphatic rings. The number of H-pyrrole nitrogens is 1. The lowest BCUT2D eigenvalue weighted by atomic mass is 10.1. The summed E-state index contributed by atoms with van der Waals surface area (Å²) in [7, 11) is 0. The van der Waals surface area contributed by atoms with Crippen LogP contribution in [-0.4, -0.2) is 22.2 Å². The van der Waals surface area contributed by atoms with Gasteiger partial charge in [-0.05, 0) is 30.5 Å². The third-order valence-electron chi connectivity index (χ3n) is 4.20. The minimum absolute atomic E-state index is 0.264. The normalized spacial score (nSPS) is 14.8. The van der Waals surface area contributed by atoms with Gasteiger partial charge in [-0.15, -0.1) is 0 Å². The average molecular weight is 365 g/mol. The van der Waals surface area contributed by atoms with Crippen LogP contribution in [0.2, 0.25) is 10.0 Å². The van der Waals surface area contributed by atoms with Crippen molar-refractivity contribution in [1.82, 2.24) is 9.97 Å². The van der Waals surface area contributed by atoms with Gasteiger partial charge in [-0.2, -0.15) is 0 Å². The fraction of sp³-hybridized carbons (Fsp3) is 0.353. The minimum Gasteiger partial charge on any atom is -0.367 e. The second-order valence-electron chi connectivity index (χ2n) is 5.97. The maximum absolute atomic E-state index is 12.2. The van der Waals surface area contributed by atoms with E-state index in [1.54, 1.807) is 12.1 Å². The Kier molecular flexibility index (Phi) is 5.21. The molecule has 0 radical (unpaired) electrons. The maximum Gasteiger partial charge on any atom is 0.261 e. The molecule has 0 unspecified atom stereocenters. The van der Waals surface area contributed by atoms with Crippen LogP contribution >= 0.6 is 23.2 Å². The highest BCUT2D eigenvalue weighted by Gasteiger charge is 2.18. The zero-order chi connectivity index (χ0) is 17.1.